The second kappa shape index (κ2) is 14.0. The molecule has 0 aliphatic rings. The smallest absolute Gasteiger partial charge is 0.00773 e. The number of unbranched alkanes of at least 4 members (excludes halogenated alkanes) is 2. The number of halogens is 1. The van der Waals surface area contributed by atoms with Crippen LogP contribution in [-0.4, -0.2) is 6.54 Å². The van der Waals surface area contributed by atoms with E-state index >= 15 is 0 Å². The second-order valence-electron chi connectivity index (χ2n) is 2.65. The molecule has 0 unspecified atom stereocenters. The molecule has 1 nitrogen and oxygen atoms in total. The average molecular weight is 202 g/mol. The zero-order valence-electron chi connectivity index (χ0n) is 8.28. The van der Waals surface area contributed by atoms with Crippen LogP contribution in [0.3, 0.4) is 0 Å². The Morgan fingerprint density at radius 1 is 0.846 bits per heavy atom. The molecule has 0 aliphatic heterocycles. The molecule has 1 aromatic rings. The van der Waals surface area contributed by atoms with E-state index in [2.05, 4.69) is 6.92 Å². The standard InChI is InChI=1S/C6H6.C5H13N.ClH/c1-2-4-6-5-3-1;1-2-3-4-5-6;/h1-6H;2-6H2,1H3;1H. The summed E-state index contributed by atoms with van der Waals surface area (Å²) in [6.45, 7) is 3.03. The lowest BCUT2D eigenvalue weighted by Gasteiger charge is -1.86. The zero-order valence-corrected chi connectivity index (χ0v) is 9.09. The van der Waals surface area contributed by atoms with Gasteiger partial charge in [-0.05, 0) is 13.0 Å². The van der Waals surface area contributed by atoms with Crippen molar-refractivity contribution < 1.29 is 0 Å². The summed E-state index contributed by atoms with van der Waals surface area (Å²) >= 11 is 0. The fraction of sp³-hybridized carbons (Fsp3) is 0.455. The van der Waals surface area contributed by atoms with E-state index in [0.29, 0.717) is 0 Å². The van der Waals surface area contributed by atoms with Crippen molar-refractivity contribution in [2.24, 2.45) is 5.73 Å². The highest BCUT2D eigenvalue weighted by Gasteiger charge is 1.75. The third-order valence-corrected chi connectivity index (χ3v) is 1.47. The fourth-order valence-electron chi connectivity index (χ4n) is 0.779. The maximum atomic E-state index is 5.21. The Morgan fingerprint density at radius 3 is 1.38 bits per heavy atom. The van der Waals surface area contributed by atoms with E-state index in [1.54, 1.807) is 0 Å². The van der Waals surface area contributed by atoms with Crippen molar-refractivity contribution in [2.45, 2.75) is 26.2 Å². The van der Waals surface area contributed by atoms with Gasteiger partial charge < -0.3 is 5.73 Å². The van der Waals surface area contributed by atoms with Crippen LogP contribution in [0.15, 0.2) is 36.4 Å². The molecule has 0 spiro atoms. The van der Waals surface area contributed by atoms with Crippen molar-refractivity contribution in [3.05, 3.63) is 36.4 Å². The minimum Gasteiger partial charge on any atom is -0.330 e. The summed E-state index contributed by atoms with van der Waals surface area (Å²) in [6, 6.07) is 12.0. The maximum Gasteiger partial charge on any atom is -0.00773 e. The summed E-state index contributed by atoms with van der Waals surface area (Å²) in [5.74, 6) is 0. The van der Waals surface area contributed by atoms with Crippen LogP contribution >= 0.6 is 12.4 Å². The van der Waals surface area contributed by atoms with Crippen molar-refractivity contribution in [3.8, 4) is 0 Å². The Labute approximate surface area is 87.8 Å². The lowest BCUT2D eigenvalue weighted by Crippen LogP contribution is -1.96. The Bertz CT molecular complexity index is 123. The molecule has 0 radical (unpaired) electrons. The highest BCUT2D eigenvalue weighted by atomic mass is 35.5. The van der Waals surface area contributed by atoms with E-state index in [4.69, 9.17) is 5.73 Å². The molecule has 0 fully saturated rings. The molecule has 76 valence electrons. The summed E-state index contributed by atoms with van der Waals surface area (Å²) in [7, 11) is 0. The fourth-order valence-corrected chi connectivity index (χ4v) is 0.779. The van der Waals surface area contributed by atoms with E-state index in [1.165, 1.54) is 19.3 Å². The lowest BCUT2D eigenvalue weighted by atomic mass is 10.3. The molecular formula is C11H20ClN. The second-order valence-corrected chi connectivity index (χ2v) is 2.65. The van der Waals surface area contributed by atoms with Crippen molar-refractivity contribution in [1.29, 1.82) is 0 Å². The molecule has 13 heavy (non-hydrogen) atoms. The van der Waals surface area contributed by atoms with Crippen LogP contribution in [0, 0.1) is 0 Å². The van der Waals surface area contributed by atoms with Crippen molar-refractivity contribution >= 4 is 12.4 Å². The molecule has 1 aromatic carbocycles. The molecule has 2 heteroatoms. The van der Waals surface area contributed by atoms with Gasteiger partial charge in [0.1, 0.15) is 0 Å². The molecule has 0 aromatic heterocycles. The molecule has 2 N–H and O–H groups in total. The van der Waals surface area contributed by atoms with Gasteiger partial charge in [0.15, 0.2) is 0 Å². The Morgan fingerprint density at radius 2 is 1.23 bits per heavy atom. The van der Waals surface area contributed by atoms with Gasteiger partial charge in [-0.15, -0.1) is 12.4 Å². The number of rotatable bonds is 3. The normalized spacial score (nSPS) is 7.85. The Kier molecular flexibility index (Phi) is 16.1. The summed E-state index contributed by atoms with van der Waals surface area (Å²) in [4.78, 5) is 0. The zero-order chi connectivity index (χ0) is 9.07. The first-order valence-electron chi connectivity index (χ1n) is 4.62. The van der Waals surface area contributed by atoms with Gasteiger partial charge in [-0.2, -0.15) is 0 Å². The first kappa shape index (κ1) is 15.0. The number of hydrogen-bond donors (Lipinski definition) is 1. The molecule has 0 atom stereocenters. The molecule has 0 saturated heterocycles. The SMILES string of the molecule is CCCCCN.Cl.c1ccccc1. The summed E-state index contributed by atoms with van der Waals surface area (Å²) in [5, 5.41) is 0. The summed E-state index contributed by atoms with van der Waals surface area (Å²) < 4.78 is 0. The molecule has 0 bridgehead atoms. The van der Waals surface area contributed by atoms with Crippen LogP contribution in [0.2, 0.25) is 0 Å². The van der Waals surface area contributed by atoms with Crippen molar-refractivity contribution in [2.75, 3.05) is 6.54 Å². The molecular weight excluding hydrogens is 182 g/mol. The molecule has 0 saturated carbocycles. The number of benzene rings is 1. The van der Waals surface area contributed by atoms with Crippen LogP contribution in [0.5, 0.6) is 0 Å². The van der Waals surface area contributed by atoms with E-state index in [0.717, 1.165) is 6.54 Å². The van der Waals surface area contributed by atoms with Gasteiger partial charge in [0.25, 0.3) is 0 Å². The van der Waals surface area contributed by atoms with Gasteiger partial charge in [0, 0.05) is 0 Å². The van der Waals surface area contributed by atoms with Crippen molar-refractivity contribution in [1.82, 2.24) is 0 Å². The highest BCUT2D eigenvalue weighted by molar-refractivity contribution is 5.85. The van der Waals surface area contributed by atoms with E-state index < -0.39 is 0 Å². The molecule has 1 rings (SSSR count). The van der Waals surface area contributed by atoms with Gasteiger partial charge in [-0.1, -0.05) is 56.2 Å². The van der Waals surface area contributed by atoms with Crippen LogP contribution in [0.25, 0.3) is 0 Å². The van der Waals surface area contributed by atoms with Gasteiger partial charge >= 0.3 is 0 Å². The van der Waals surface area contributed by atoms with Crippen LogP contribution in [-0.2, 0) is 0 Å². The third kappa shape index (κ3) is 14.3. The molecule has 0 aliphatic carbocycles. The number of nitrogens with two attached hydrogens (primary N) is 1. The minimum atomic E-state index is 0. The molecule has 0 heterocycles. The van der Waals surface area contributed by atoms with E-state index in [-0.39, 0.29) is 12.4 Å². The van der Waals surface area contributed by atoms with Gasteiger partial charge in [0.2, 0.25) is 0 Å². The third-order valence-electron chi connectivity index (χ3n) is 1.47. The van der Waals surface area contributed by atoms with Crippen LogP contribution < -0.4 is 5.73 Å². The summed E-state index contributed by atoms with van der Waals surface area (Å²) in [6.07, 6.45) is 3.75. The van der Waals surface area contributed by atoms with Crippen LogP contribution in [0.1, 0.15) is 26.2 Å². The largest absolute Gasteiger partial charge is 0.330 e. The first-order valence-corrected chi connectivity index (χ1v) is 4.62. The van der Waals surface area contributed by atoms with E-state index in [9.17, 15) is 0 Å². The first-order chi connectivity index (χ1) is 5.91. The predicted octanol–water partition coefficient (Wildman–Crippen LogP) is 3.24. The quantitative estimate of drug-likeness (QED) is 0.747. The topological polar surface area (TPSA) is 26.0 Å². The van der Waals surface area contributed by atoms with Gasteiger partial charge in [-0.25, -0.2) is 0 Å². The average Bonchev–Trinajstić information content (AvgIpc) is 2.18. The molecule has 0 amide bonds. The number of hydrogen-bond acceptors (Lipinski definition) is 1. The van der Waals surface area contributed by atoms with Crippen LogP contribution in [0.4, 0.5) is 0 Å². The maximum absolute atomic E-state index is 5.21. The van der Waals surface area contributed by atoms with Gasteiger partial charge in [0.05, 0.1) is 0 Å². The van der Waals surface area contributed by atoms with Gasteiger partial charge in [-0.3, -0.25) is 0 Å². The minimum absolute atomic E-state index is 0. The Balaban J connectivity index is 0. The summed E-state index contributed by atoms with van der Waals surface area (Å²) in [5.41, 5.74) is 5.21. The lowest BCUT2D eigenvalue weighted by molar-refractivity contribution is 0.727. The highest BCUT2D eigenvalue weighted by Crippen LogP contribution is 1.88. The Hall–Kier alpha value is -0.530. The predicted molar refractivity (Wildman–Crippen MR) is 62.3 cm³/mol. The monoisotopic (exact) mass is 201 g/mol. The van der Waals surface area contributed by atoms with Crippen molar-refractivity contribution in [3.63, 3.8) is 0 Å². The van der Waals surface area contributed by atoms with E-state index in [1.807, 2.05) is 36.4 Å².